The summed E-state index contributed by atoms with van der Waals surface area (Å²) in [6.07, 6.45) is 1.23. The number of fused-ring (bicyclic) bond motifs is 1. The molecular weight excluding hydrogens is 373 g/mol. The van der Waals surface area contributed by atoms with Crippen LogP contribution in [0.5, 0.6) is 5.88 Å². The Balaban J connectivity index is 1.49. The number of hydrogen-bond donors (Lipinski definition) is 0. The molecule has 8 heteroatoms. The predicted molar refractivity (Wildman–Crippen MR) is 104 cm³/mol. The first kappa shape index (κ1) is 19.0. The fourth-order valence-corrected chi connectivity index (χ4v) is 3.39. The molecule has 0 N–H and O–H groups in total. The quantitative estimate of drug-likeness (QED) is 0.664. The normalized spacial score (nSPS) is 13.3. The second-order valence-corrected chi connectivity index (χ2v) is 6.97. The lowest BCUT2D eigenvalue weighted by atomic mass is 10.1. The molecule has 7 nitrogen and oxygen atoms in total. The smallest absolute Gasteiger partial charge is 0.222 e. The summed E-state index contributed by atoms with van der Waals surface area (Å²) in [5.74, 6) is 0.374. The zero-order chi connectivity index (χ0) is 20.4. The van der Waals surface area contributed by atoms with Crippen molar-refractivity contribution in [2.75, 3.05) is 6.54 Å². The molecule has 150 valence electrons. The summed E-state index contributed by atoms with van der Waals surface area (Å²) in [7, 11) is 0. The van der Waals surface area contributed by atoms with Gasteiger partial charge < -0.3 is 9.64 Å². The Morgan fingerprint density at radius 3 is 2.76 bits per heavy atom. The monoisotopic (exact) mass is 395 g/mol. The summed E-state index contributed by atoms with van der Waals surface area (Å²) in [5.41, 5.74) is 4.24. The van der Waals surface area contributed by atoms with Crippen molar-refractivity contribution >= 4 is 5.91 Å². The minimum absolute atomic E-state index is 0.160. The maximum Gasteiger partial charge on any atom is 0.222 e. The zero-order valence-electron chi connectivity index (χ0n) is 16.4. The Kier molecular flexibility index (Phi) is 5.24. The van der Waals surface area contributed by atoms with Crippen molar-refractivity contribution in [1.29, 1.82) is 0 Å². The van der Waals surface area contributed by atoms with Crippen molar-refractivity contribution in [1.82, 2.24) is 24.9 Å². The molecule has 1 aliphatic heterocycles. The van der Waals surface area contributed by atoms with E-state index in [4.69, 9.17) is 4.74 Å². The fourth-order valence-electron chi connectivity index (χ4n) is 3.39. The Morgan fingerprint density at radius 1 is 1.21 bits per heavy atom. The van der Waals surface area contributed by atoms with Crippen LogP contribution < -0.4 is 4.74 Å². The second kappa shape index (κ2) is 7.98. The Bertz CT molecular complexity index is 1030. The summed E-state index contributed by atoms with van der Waals surface area (Å²) < 4.78 is 20.8. The van der Waals surface area contributed by atoms with Gasteiger partial charge in [-0.1, -0.05) is 18.2 Å². The molecule has 0 spiro atoms. The zero-order valence-corrected chi connectivity index (χ0v) is 16.4. The third-order valence-electron chi connectivity index (χ3n) is 5.06. The largest absolute Gasteiger partial charge is 0.471 e. The summed E-state index contributed by atoms with van der Waals surface area (Å²) in [6.45, 7) is 5.24. The van der Waals surface area contributed by atoms with Crippen molar-refractivity contribution in [3.63, 3.8) is 0 Å². The molecule has 0 aliphatic carbocycles. The average Bonchev–Trinajstić information content (AvgIpc) is 3.12. The lowest BCUT2D eigenvalue weighted by molar-refractivity contribution is -0.131. The first-order chi connectivity index (χ1) is 14.0. The Morgan fingerprint density at radius 2 is 2.00 bits per heavy atom. The van der Waals surface area contributed by atoms with E-state index < -0.39 is 0 Å². The van der Waals surface area contributed by atoms with Crippen molar-refractivity contribution < 1.29 is 13.9 Å². The van der Waals surface area contributed by atoms with Crippen LogP contribution in [-0.4, -0.2) is 37.3 Å². The molecule has 0 bridgehead atoms. The Labute approximate surface area is 168 Å². The molecule has 0 saturated heterocycles. The van der Waals surface area contributed by atoms with Gasteiger partial charge in [0.15, 0.2) is 0 Å². The third kappa shape index (κ3) is 3.96. The van der Waals surface area contributed by atoms with Gasteiger partial charge in [0.05, 0.1) is 17.1 Å². The highest BCUT2D eigenvalue weighted by molar-refractivity contribution is 5.76. The van der Waals surface area contributed by atoms with Crippen molar-refractivity contribution in [2.24, 2.45) is 0 Å². The minimum atomic E-state index is -0.305. The van der Waals surface area contributed by atoms with Crippen molar-refractivity contribution in [2.45, 2.75) is 39.8 Å². The molecule has 3 aromatic rings. The topological polar surface area (TPSA) is 73.1 Å². The van der Waals surface area contributed by atoms with Crippen LogP contribution in [0.3, 0.4) is 0 Å². The van der Waals surface area contributed by atoms with E-state index in [1.165, 1.54) is 12.1 Å². The van der Waals surface area contributed by atoms with Crippen LogP contribution >= 0.6 is 0 Å². The minimum Gasteiger partial charge on any atom is -0.471 e. The highest BCUT2D eigenvalue weighted by atomic mass is 19.1. The summed E-state index contributed by atoms with van der Waals surface area (Å²) in [6, 6.07) is 9.85. The van der Waals surface area contributed by atoms with Crippen LogP contribution in [-0.2, 0) is 24.4 Å². The number of amides is 1. The van der Waals surface area contributed by atoms with Crippen molar-refractivity contribution in [3.05, 3.63) is 64.9 Å². The molecule has 1 amide bonds. The maximum absolute atomic E-state index is 13.2. The van der Waals surface area contributed by atoms with Gasteiger partial charge in [-0.3, -0.25) is 4.79 Å². The molecule has 4 rings (SSSR count). The molecular formula is C21H22FN5O2. The highest BCUT2D eigenvalue weighted by Crippen LogP contribution is 2.22. The van der Waals surface area contributed by atoms with Crippen molar-refractivity contribution in [3.8, 4) is 11.6 Å². The molecule has 2 aromatic heterocycles. The molecule has 0 saturated carbocycles. The highest BCUT2D eigenvalue weighted by Gasteiger charge is 2.21. The van der Waals surface area contributed by atoms with E-state index in [0.29, 0.717) is 37.5 Å². The molecule has 3 heterocycles. The van der Waals surface area contributed by atoms with Gasteiger partial charge in [0.1, 0.15) is 18.1 Å². The first-order valence-electron chi connectivity index (χ1n) is 9.61. The molecule has 29 heavy (non-hydrogen) atoms. The summed E-state index contributed by atoms with van der Waals surface area (Å²) >= 11 is 0. The number of ether oxygens (including phenoxy) is 1. The molecule has 0 atom stereocenters. The van der Waals surface area contributed by atoms with Crippen LogP contribution in [0, 0.1) is 12.7 Å². The number of hydrogen-bond acceptors (Lipinski definition) is 5. The number of rotatable bonds is 5. The second-order valence-electron chi connectivity index (χ2n) is 6.97. The number of aryl methyl sites for hydroxylation is 1. The fraction of sp³-hybridized carbons (Fsp3) is 0.333. The van der Waals surface area contributed by atoms with E-state index in [0.717, 1.165) is 22.6 Å². The number of nitrogens with zero attached hydrogens (tertiary/aromatic N) is 5. The van der Waals surface area contributed by atoms with Gasteiger partial charge in [0.25, 0.3) is 0 Å². The molecule has 1 aromatic carbocycles. The van der Waals surface area contributed by atoms with Crippen LogP contribution in [0.4, 0.5) is 4.39 Å². The van der Waals surface area contributed by atoms with E-state index in [-0.39, 0.29) is 18.3 Å². The molecule has 1 aliphatic rings. The number of pyridine rings is 1. The molecule has 0 unspecified atom stereocenters. The SMILES string of the molecule is CCC(=O)N1CCc2nc(OCc3c(C)nnn3-c3ccc(F)cc3)ccc2C1. The molecule has 0 fully saturated rings. The van der Waals surface area contributed by atoms with Crippen LogP contribution in [0.2, 0.25) is 0 Å². The molecule has 0 radical (unpaired) electrons. The predicted octanol–water partition coefficient (Wildman–Crippen LogP) is 2.98. The van der Waals surface area contributed by atoms with Crippen LogP contribution in [0.25, 0.3) is 5.69 Å². The average molecular weight is 395 g/mol. The Hall–Kier alpha value is -3.29. The number of halogens is 1. The van der Waals surface area contributed by atoms with E-state index in [1.807, 2.05) is 30.9 Å². The maximum atomic E-state index is 13.2. The lowest BCUT2D eigenvalue weighted by Gasteiger charge is -2.28. The number of aromatic nitrogens is 4. The van der Waals surface area contributed by atoms with Crippen LogP contribution in [0.15, 0.2) is 36.4 Å². The van der Waals surface area contributed by atoms with Crippen LogP contribution in [0.1, 0.15) is 36.0 Å². The van der Waals surface area contributed by atoms with Gasteiger partial charge in [-0.25, -0.2) is 14.1 Å². The van der Waals surface area contributed by atoms with Gasteiger partial charge in [0.2, 0.25) is 11.8 Å². The number of benzene rings is 1. The van der Waals surface area contributed by atoms with Gasteiger partial charge in [0, 0.05) is 32.0 Å². The standard InChI is InChI=1S/C21H22FN5O2/c1-3-21(28)26-11-10-18-15(12-26)4-9-20(23-18)29-13-19-14(2)24-25-27(19)17-7-5-16(22)6-8-17/h4-9H,3,10-13H2,1-2H3. The summed E-state index contributed by atoms with van der Waals surface area (Å²) in [5, 5.41) is 8.25. The van der Waals surface area contributed by atoms with E-state index in [2.05, 4.69) is 15.3 Å². The summed E-state index contributed by atoms with van der Waals surface area (Å²) in [4.78, 5) is 18.4. The van der Waals surface area contributed by atoms with Gasteiger partial charge in [-0.15, -0.1) is 5.10 Å². The number of carbonyl (C=O) groups is 1. The number of carbonyl (C=O) groups excluding carboxylic acids is 1. The van der Waals surface area contributed by atoms with E-state index in [1.54, 1.807) is 16.8 Å². The van der Waals surface area contributed by atoms with E-state index >= 15 is 0 Å². The van der Waals surface area contributed by atoms with Gasteiger partial charge >= 0.3 is 0 Å². The first-order valence-corrected chi connectivity index (χ1v) is 9.61. The van der Waals surface area contributed by atoms with Gasteiger partial charge in [-0.2, -0.15) is 0 Å². The lowest BCUT2D eigenvalue weighted by Crippen LogP contribution is -2.35. The third-order valence-corrected chi connectivity index (χ3v) is 5.06. The van der Waals surface area contributed by atoms with E-state index in [9.17, 15) is 9.18 Å². The van der Waals surface area contributed by atoms with Gasteiger partial charge in [-0.05, 0) is 36.8 Å².